The summed E-state index contributed by atoms with van der Waals surface area (Å²) in [6, 6.07) is 14.6. The first-order chi connectivity index (χ1) is 14.7. The number of fused-ring (bicyclic) bond motifs is 1. The topological polar surface area (TPSA) is 56.1 Å². The Labute approximate surface area is 185 Å². The lowest BCUT2D eigenvalue weighted by Gasteiger charge is -2.17. The van der Waals surface area contributed by atoms with Crippen LogP contribution in [0.25, 0.3) is 11.0 Å². The number of aryl methyl sites for hydroxylation is 3. The summed E-state index contributed by atoms with van der Waals surface area (Å²) in [4.78, 5) is 17.0. The minimum atomic E-state index is -0.379. The molecule has 0 saturated carbocycles. The van der Waals surface area contributed by atoms with Crippen molar-refractivity contribution in [1.82, 2.24) is 14.9 Å². The van der Waals surface area contributed by atoms with Crippen molar-refractivity contribution < 1.29 is 9.53 Å². The Morgan fingerprint density at radius 3 is 2.48 bits per heavy atom. The molecule has 1 aromatic heterocycles. The summed E-state index contributed by atoms with van der Waals surface area (Å²) < 4.78 is 8.24. The number of hydrogen-bond acceptors (Lipinski definition) is 3. The zero-order chi connectivity index (χ0) is 22.4. The second-order valence-electron chi connectivity index (χ2n) is 9.30. The zero-order valence-electron chi connectivity index (χ0n) is 19.5. The Kier molecular flexibility index (Phi) is 7.37. The highest BCUT2D eigenvalue weighted by atomic mass is 16.5. The van der Waals surface area contributed by atoms with Gasteiger partial charge in [-0.05, 0) is 62.1 Å². The van der Waals surface area contributed by atoms with E-state index in [0.29, 0.717) is 13.2 Å². The van der Waals surface area contributed by atoms with Crippen LogP contribution in [0.4, 0.5) is 0 Å². The van der Waals surface area contributed by atoms with Gasteiger partial charge in [0.05, 0.1) is 17.6 Å². The van der Waals surface area contributed by atoms with Crippen LogP contribution in [-0.2, 0) is 17.8 Å². The van der Waals surface area contributed by atoms with Crippen molar-refractivity contribution in [3.05, 3.63) is 59.4 Å². The van der Waals surface area contributed by atoms with Gasteiger partial charge < -0.3 is 14.6 Å². The molecule has 5 nitrogen and oxygen atoms in total. The van der Waals surface area contributed by atoms with Gasteiger partial charge in [0.1, 0.15) is 11.6 Å². The molecule has 0 saturated heterocycles. The van der Waals surface area contributed by atoms with Crippen LogP contribution in [0, 0.1) is 19.3 Å². The van der Waals surface area contributed by atoms with Crippen LogP contribution in [-0.4, -0.2) is 28.6 Å². The molecule has 0 fully saturated rings. The number of imidazole rings is 1. The van der Waals surface area contributed by atoms with Gasteiger partial charge in [-0.3, -0.25) is 4.79 Å². The number of para-hydroxylation sites is 2. The number of carbonyl (C=O) groups is 1. The van der Waals surface area contributed by atoms with Crippen molar-refractivity contribution >= 4 is 16.9 Å². The van der Waals surface area contributed by atoms with E-state index in [1.807, 2.05) is 32.9 Å². The van der Waals surface area contributed by atoms with Gasteiger partial charge >= 0.3 is 0 Å². The van der Waals surface area contributed by atoms with Crippen LogP contribution >= 0.6 is 0 Å². The summed E-state index contributed by atoms with van der Waals surface area (Å²) in [5.74, 6) is 2.03. The van der Waals surface area contributed by atoms with Gasteiger partial charge in [0.2, 0.25) is 5.91 Å². The summed E-state index contributed by atoms with van der Waals surface area (Å²) in [6.07, 6.45) is 2.70. The fourth-order valence-electron chi connectivity index (χ4n) is 3.70. The summed E-state index contributed by atoms with van der Waals surface area (Å²) in [6.45, 7) is 12.2. The monoisotopic (exact) mass is 421 g/mol. The molecule has 0 aliphatic carbocycles. The number of nitrogens with zero attached hydrogens (tertiary/aromatic N) is 2. The van der Waals surface area contributed by atoms with Gasteiger partial charge in [-0.1, -0.05) is 39.0 Å². The van der Waals surface area contributed by atoms with Crippen LogP contribution in [0.15, 0.2) is 42.5 Å². The van der Waals surface area contributed by atoms with Gasteiger partial charge in [0.25, 0.3) is 0 Å². The average Bonchev–Trinajstić information content (AvgIpc) is 3.04. The number of unbranched alkanes of at least 4 members (excludes halogenated alkanes) is 1. The van der Waals surface area contributed by atoms with E-state index in [-0.39, 0.29) is 11.3 Å². The third kappa shape index (κ3) is 6.33. The van der Waals surface area contributed by atoms with Crippen LogP contribution in [0.2, 0.25) is 0 Å². The molecule has 3 aromatic rings. The fraction of sp³-hybridized carbons (Fsp3) is 0.462. The maximum absolute atomic E-state index is 12.2. The lowest BCUT2D eigenvalue weighted by Crippen LogP contribution is -2.36. The first kappa shape index (κ1) is 22.9. The van der Waals surface area contributed by atoms with E-state index >= 15 is 0 Å². The molecular formula is C26H35N3O2. The van der Waals surface area contributed by atoms with Crippen molar-refractivity contribution in [3.63, 3.8) is 0 Å². The molecule has 0 bridgehead atoms. The summed E-state index contributed by atoms with van der Waals surface area (Å²) in [7, 11) is 0. The van der Waals surface area contributed by atoms with Crippen LogP contribution in [0.5, 0.6) is 5.75 Å². The van der Waals surface area contributed by atoms with E-state index in [1.54, 1.807) is 0 Å². The van der Waals surface area contributed by atoms with E-state index in [2.05, 4.69) is 54.1 Å². The van der Waals surface area contributed by atoms with Crippen molar-refractivity contribution in [2.75, 3.05) is 13.2 Å². The standard InChI is InChI=1S/C26H35N3O2/c1-19-16-20(2)18-21(17-19)31-15-9-8-14-29-23-11-7-6-10-22(23)28-24(29)12-13-27-25(30)26(3,4)5/h6-7,10-11,16-18H,8-9,12-15H2,1-5H3,(H,27,30). The van der Waals surface area contributed by atoms with Gasteiger partial charge in [-0.2, -0.15) is 0 Å². The highest BCUT2D eigenvalue weighted by molar-refractivity contribution is 5.81. The number of rotatable bonds is 9. The number of amides is 1. The summed E-state index contributed by atoms with van der Waals surface area (Å²) >= 11 is 0. The summed E-state index contributed by atoms with van der Waals surface area (Å²) in [5, 5.41) is 3.03. The fourth-order valence-corrected chi connectivity index (χ4v) is 3.70. The predicted octanol–water partition coefficient (Wildman–Crippen LogP) is 5.22. The van der Waals surface area contributed by atoms with Crippen molar-refractivity contribution in [3.8, 4) is 5.75 Å². The molecule has 0 aliphatic rings. The smallest absolute Gasteiger partial charge is 0.225 e. The van der Waals surface area contributed by atoms with Gasteiger partial charge in [0, 0.05) is 24.9 Å². The number of hydrogen-bond donors (Lipinski definition) is 1. The molecule has 1 N–H and O–H groups in total. The first-order valence-corrected chi connectivity index (χ1v) is 11.2. The molecule has 5 heteroatoms. The Morgan fingerprint density at radius 1 is 1.06 bits per heavy atom. The largest absolute Gasteiger partial charge is 0.494 e. The Morgan fingerprint density at radius 2 is 1.77 bits per heavy atom. The second-order valence-corrected chi connectivity index (χ2v) is 9.30. The van der Waals surface area contributed by atoms with E-state index in [0.717, 1.165) is 48.4 Å². The van der Waals surface area contributed by atoms with Crippen molar-refractivity contribution in [2.45, 2.75) is 60.4 Å². The third-order valence-corrected chi connectivity index (χ3v) is 5.29. The molecular weight excluding hydrogens is 386 g/mol. The lowest BCUT2D eigenvalue weighted by molar-refractivity contribution is -0.128. The van der Waals surface area contributed by atoms with Gasteiger partial charge in [-0.15, -0.1) is 0 Å². The first-order valence-electron chi connectivity index (χ1n) is 11.2. The predicted molar refractivity (Wildman–Crippen MR) is 127 cm³/mol. The molecule has 0 radical (unpaired) electrons. The number of carbonyl (C=O) groups excluding carboxylic acids is 1. The van der Waals surface area contributed by atoms with E-state index in [9.17, 15) is 4.79 Å². The van der Waals surface area contributed by atoms with E-state index < -0.39 is 0 Å². The minimum Gasteiger partial charge on any atom is -0.494 e. The number of ether oxygens (including phenoxy) is 1. The molecule has 0 aliphatic heterocycles. The van der Waals surface area contributed by atoms with E-state index in [4.69, 9.17) is 9.72 Å². The molecule has 1 heterocycles. The second kappa shape index (κ2) is 9.99. The maximum atomic E-state index is 12.2. The quantitative estimate of drug-likeness (QED) is 0.482. The number of aromatic nitrogens is 2. The molecule has 0 unspecified atom stereocenters. The molecule has 166 valence electrons. The average molecular weight is 422 g/mol. The number of benzene rings is 2. The van der Waals surface area contributed by atoms with Crippen molar-refractivity contribution in [2.24, 2.45) is 5.41 Å². The summed E-state index contributed by atoms with van der Waals surface area (Å²) in [5.41, 5.74) is 4.22. The molecule has 3 rings (SSSR count). The van der Waals surface area contributed by atoms with Gasteiger partial charge in [-0.25, -0.2) is 4.98 Å². The van der Waals surface area contributed by atoms with E-state index in [1.165, 1.54) is 11.1 Å². The SMILES string of the molecule is Cc1cc(C)cc(OCCCCn2c(CCNC(=O)C(C)(C)C)nc3ccccc32)c1. The normalized spacial score (nSPS) is 11.6. The highest BCUT2D eigenvalue weighted by Gasteiger charge is 2.20. The molecule has 0 spiro atoms. The lowest BCUT2D eigenvalue weighted by atomic mass is 9.96. The Bertz CT molecular complexity index is 1010. The van der Waals surface area contributed by atoms with Crippen LogP contribution in [0.1, 0.15) is 50.6 Å². The Hall–Kier alpha value is -2.82. The molecule has 31 heavy (non-hydrogen) atoms. The van der Waals surface area contributed by atoms with Crippen molar-refractivity contribution in [1.29, 1.82) is 0 Å². The molecule has 0 atom stereocenters. The minimum absolute atomic E-state index is 0.0682. The maximum Gasteiger partial charge on any atom is 0.225 e. The molecule has 2 aromatic carbocycles. The number of nitrogens with one attached hydrogen (secondary N) is 1. The van der Waals surface area contributed by atoms with Crippen LogP contribution in [0.3, 0.4) is 0 Å². The van der Waals surface area contributed by atoms with Gasteiger partial charge in [0.15, 0.2) is 0 Å². The molecule has 1 amide bonds. The highest BCUT2D eigenvalue weighted by Crippen LogP contribution is 2.19. The Balaban J connectivity index is 1.57. The van der Waals surface area contributed by atoms with Crippen LogP contribution < -0.4 is 10.1 Å². The zero-order valence-corrected chi connectivity index (χ0v) is 19.5. The third-order valence-electron chi connectivity index (χ3n) is 5.29.